The fourth-order valence-electron chi connectivity index (χ4n) is 2.26. The molecule has 0 amide bonds. The first-order chi connectivity index (χ1) is 9.22. The minimum Gasteiger partial charge on any atom is -0.308 e. The maximum atomic E-state index is 6.31. The third-order valence-electron chi connectivity index (χ3n) is 3.14. The molecule has 102 valence electrons. The smallest absolute Gasteiger partial charge is 0.0837 e. The quantitative estimate of drug-likeness (QED) is 0.855. The predicted octanol–water partition coefficient (Wildman–Crippen LogP) is 3.59. The molecule has 1 unspecified atom stereocenters. The molecule has 5 heteroatoms. The first-order valence-corrected chi connectivity index (χ1v) is 7.84. The van der Waals surface area contributed by atoms with Crippen molar-refractivity contribution in [3.8, 4) is 0 Å². The van der Waals surface area contributed by atoms with Gasteiger partial charge in [0.25, 0.3) is 0 Å². The molecule has 3 nitrogen and oxygen atoms in total. The Morgan fingerprint density at radius 3 is 2.79 bits per heavy atom. The monoisotopic (exact) mass is 295 g/mol. The molecule has 2 aromatic rings. The minimum absolute atomic E-state index is 0.0543. The van der Waals surface area contributed by atoms with Crippen LogP contribution in [0.15, 0.2) is 35.4 Å². The van der Waals surface area contributed by atoms with Crippen molar-refractivity contribution in [1.82, 2.24) is 15.1 Å². The van der Waals surface area contributed by atoms with E-state index >= 15 is 0 Å². The Kier molecular flexibility index (Phi) is 4.91. The van der Waals surface area contributed by atoms with E-state index in [-0.39, 0.29) is 6.04 Å². The van der Waals surface area contributed by atoms with Crippen LogP contribution >= 0.6 is 23.4 Å². The van der Waals surface area contributed by atoms with Crippen molar-refractivity contribution >= 4 is 23.4 Å². The second-order valence-corrected chi connectivity index (χ2v) is 5.41. The van der Waals surface area contributed by atoms with E-state index in [4.69, 9.17) is 11.6 Å². The van der Waals surface area contributed by atoms with E-state index in [0.29, 0.717) is 5.02 Å². The number of rotatable bonds is 5. The molecule has 1 N–H and O–H groups in total. The lowest BCUT2D eigenvalue weighted by molar-refractivity contribution is 0.559. The van der Waals surface area contributed by atoms with Gasteiger partial charge < -0.3 is 5.32 Å². The average Bonchev–Trinajstić information content (AvgIpc) is 2.82. The van der Waals surface area contributed by atoms with Gasteiger partial charge in [-0.2, -0.15) is 5.10 Å². The van der Waals surface area contributed by atoms with Crippen LogP contribution in [0, 0.1) is 0 Å². The molecule has 1 atom stereocenters. The van der Waals surface area contributed by atoms with Crippen molar-refractivity contribution < 1.29 is 0 Å². The van der Waals surface area contributed by atoms with Crippen LogP contribution in [0.4, 0.5) is 0 Å². The Hall–Kier alpha value is -0.970. The zero-order chi connectivity index (χ0) is 13.8. The van der Waals surface area contributed by atoms with Crippen molar-refractivity contribution in [1.29, 1.82) is 0 Å². The second kappa shape index (κ2) is 6.46. The van der Waals surface area contributed by atoms with Crippen LogP contribution in [-0.2, 0) is 6.54 Å². The largest absolute Gasteiger partial charge is 0.308 e. The fourth-order valence-corrected chi connectivity index (χ4v) is 3.14. The summed E-state index contributed by atoms with van der Waals surface area (Å²) >= 11 is 8.06. The van der Waals surface area contributed by atoms with Gasteiger partial charge in [-0.1, -0.05) is 29.8 Å². The van der Waals surface area contributed by atoms with Crippen molar-refractivity contribution in [3.63, 3.8) is 0 Å². The van der Waals surface area contributed by atoms with Gasteiger partial charge in [-0.15, -0.1) is 11.8 Å². The standard InChI is InChI=1S/C14H18ClN3S/c1-4-18-14(11(15)9-17-18)13(16-2)10-7-5-6-8-12(10)19-3/h5-9,13,16H,4H2,1-3H3. The van der Waals surface area contributed by atoms with Crippen LogP contribution in [0.5, 0.6) is 0 Å². The van der Waals surface area contributed by atoms with Crippen LogP contribution in [0.1, 0.15) is 24.2 Å². The molecule has 0 fully saturated rings. The SMILES string of the molecule is CCn1ncc(Cl)c1C(NC)c1ccccc1SC. The third-order valence-corrected chi connectivity index (χ3v) is 4.25. The van der Waals surface area contributed by atoms with Crippen LogP contribution in [0.2, 0.25) is 5.02 Å². The average molecular weight is 296 g/mol. The molecule has 0 aliphatic carbocycles. The predicted molar refractivity (Wildman–Crippen MR) is 82.0 cm³/mol. The number of benzene rings is 1. The summed E-state index contributed by atoms with van der Waals surface area (Å²) in [7, 11) is 1.95. The number of aromatic nitrogens is 2. The van der Waals surface area contributed by atoms with E-state index in [1.54, 1.807) is 18.0 Å². The first kappa shape index (κ1) is 14.4. The van der Waals surface area contributed by atoms with Gasteiger partial charge in [-0.3, -0.25) is 4.68 Å². The molecule has 0 spiro atoms. The molecule has 0 radical (unpaired) electrons. The number of hydrogen-bond acceptors (Lipinski definition) is 3. The van der Waals surface area contributed by atoms with E-state index in [2.05, 4.69) is 47.9 Å². The maximum Gasteiger partial charge on any atom is 0.0837 e. The van der Waals surface area contributed by atoms with Gasteiger partial charge in [-0.25, -0.2) is 0 Å². The molecular weight excluding hydrogens is 278 g/mol. The second-order valence-electron chi connectivity index (χ2n) is 4.16. The van der Waals surface area contributed by atoms with Crippen LogP contribution < -0.4 is 5.32 Å². The maximum absolute atomic E-state index is 6.31. The van der Waals surface area contributed by atoms with Crippen LogP contribution in [0.3, 0.4) is 0 Å². The summed E-state index contributed by atoms with van der Waals surface area (Å²) in [4.78, 5) is 1.25. The molecule has 0 aliphatic rings. The van der Waals surface area contributed by atoms with E-state index < -0.39 is 0 Å². The molecular formula is C14H18ClN3S. The van der Waals surface area contributed by atoms with Crippen molar-refractivity contribution in [2.75, 3.05) is 13.3 Å². The van der Waals surface area contributed by atoms with Crippen molar-refractivity contribution in [2.45, 2.75) is 24.4 Å². The Balaban J connectivity index is 2.53. The number of hydrogen-bond donors (Lipinski definition) is 1. The highest BCUT2D eigenvalue weighted by atomic mass is 35.5. The zero-order valence-electron chi connectivity index (χ0n) is 11.4. The Morgan fingerprint density at radius 1 is 1.42 bits per heavy atom. The van der Waals surface area contributed by atoms with Crippen molar-refractivity contribution in [2.24, 2.45) is 0 Å². The highest BCUT2D eigenvalue weighted by Crippen LogP contribution is 2.33. The summed E-state index contributed by atoms with van der Waals surface area (Å²) in [6.07, 6.45) is 3.80. The fraction of sp³-hybridized carbons (Fsp3) is 0.357. The summed E-state index contributed by atoms with van der Waals surface area (Å²) in [5, 5.41) is 8.38. The lowest BCUT2D eigenvalue weighted by Gasteiger charge is -2.21. The molecule has 0 bridgehead atoms. The number of thioether (sulfide) groups is 1. The number of nitrogens with zero attached hydrogens (tertiary/aromatic N) is 2. The highest BCUT2D eigenvalue weighted by Gasteiger charge is 2.22. The Labute approximate surface area is 123 Å². The summed E-state index contributed by atoms with van der Waals surface area (Å²) in [6.45, 7) is 2.88. The Bertz CT molecular complexity index is 553. The third kappa shape index (κ3) is 2.81. The van der Waals surface area contributed by atoms with Gasteiger partial charge in [0.1, 0.15) is 0 Å². The highest BCUT2D eigenvalue weighted by molar-refractivity contribution is 7.98. The molecule has 1 aromatic heterocycles. The lowest BCUT2D eigenvalue weighted by atomic mass is 10.0. The van der Waals surface area contributed by atoms with E-state index in [1.165, 1.54) is 10.5 Å². The summed E-state index contributed by atoms with van der Waals surface area (Å²) in [5.74, 6) is 0. The van der Waals surface area contributed by atoms with Gasteiger partial charge in [0.15, 0.2) is 0 Å². The minimum atomic E-state index is 0.0543. The molecule has 0 saturated heterocycles. The molecule has 1 heterocycles. The molecule has 0 saturated carbocycles. The van der Waals surface area contributed by atoms with E-state index in [0.717, 1.165) is 12.2 Å². The molecule has 1 aromatic carbocycles. The van der Waals surface area contributed by atoms with Gasteiger partial charge >= 0.3 is 0 Å². The topological polar surface area (TPSA) is 29.9 Å². The van der Waals surface area contributed by atoms with Crippen LogP contribution in [0.25, 0.3) is 0 Å². The van der Waals surface area contributed by atoms with E-state index in [9.17, 15) is 0 Å². The van der Waals surface area contributed by atoms with Gasteiger partial charge in [0, 0.05) is 11.4 Å². The molecule has 2 rings (SSSR count). The zero-order valence-corrected chi connectivity index (χ0v) is 12.9. The van der Waals surface area contributed by atoms with Gasteiger partial charge in [0.2, 0.25) is 0 Å². The summed E-state index contributed by atoms with van der Waals surface area (Å²) in [5.41, 5.74) is 2.25. The Morgan fingerprint density at radius 2 is 2.16 bits per heavy atom. The number of nitrogens with one attached hydrogen (secondary N) is 1. The number of aryl methyl sites for hydroxylation is 1. The number of halogens is 1. The van der Waals surface area contributed by atoms with Crippen molar-refractivity contribution in [3.05, 3.63) is 46.7 Å². The molecule has 19 heavy (non-hydrogen) atoms. The van der Waals surface area contributed by atoms with Gasteiger partial charge in [0.05, 0.1) is 23.0 Å². The molecule has 0 aliphatic heterocycles. The first-order valence-electron chi connectivity index (χ1n) is 6.24. The van der Waals surface area contributed by atoms with E-state index in [1.807, 2.05) is 11.7 Å². The summed E-state index contributed by atoms with van der Waals surface area (Å²) in [6, 6.07) is 8.43. The lowest BCUT2D eigenvalue weighted by Crippen LogP contribution is -2.22. The normalized spacial score (nSPS) is 12.6. The summed E-state index contributed by atoms with van der Waals surface area (Å²) < 4.78 is 1.95. The van der Waals surface area contributed by atoms with Crippen LogP contribution in [-0.4, -0.2) is 23.1 Å². The van der Waals surface area contributed by atoms with Gasteiger partial charge in [-0.05, 0) is 31.9 Å².